The maximum Gasteiger partial charge on any atom is 0.358 e. The van der Waals surface area contributed by atoms with E-state index in [4.69, 9.17) is 9.84 Å². The number of hydrogen-bond acceptors (Lipinski definition) is 5. The van der Waals surface area contributed by atoms with E-state index in [1.807, 2.05) is 35.1 Å². The molecular formula is C17H17N5O3. The summed E-state index contributed by atoms with van der Waals surface area (Å²) in [6, 6.07) is 8.09. The molecule has 8 heteroatoms. The fraction of sp³-hybridized carbons (Fsp3) is 0.294. The van der Waals surface area contributed by atoms with Crippen LogP contribution in [0.3, 0.4) is 0 Å². The Morgan fingerprint density at radius 3 is 2.48 bits per heavy atom. The first-order valence-electron chi connectivity index (χ1n) is 8.01. The van der Waals surface area contributed by atoms with E-state index in [1.54, 1.807) is 0 Å². The minimum atomic E-state index is -1.08. The van der Waals surface area contributed by atoms with Crippen LogP contribution >= 0.6 is 0 Å². The molecule has 2 aromatic heterocycles. The zero-order valence-corrected chi connectivity index (χ0v) is 13.5. The first kappa shape index (κ1) is 15.5. The number of rotatable bonds is 5. The molecule has 0 saturated carbocycles. The summed E-state index contributed by atoms with van der Waals surface area (Å²) in [5.41, 5.74) is 4.42. The van der Waals surface area contributed by atoms with Crippen molar-refractivity contribution in [2.75, 3.05) is 6.61 Å². The lowest BCUT2D eigenvalue weighted by Gasteiger charge is -2.08. The molecule has 128 valence electrons. The molecular weight excluding hydrogens is 322 g/mol. The third-order valence-electron chi connectivity index (χ3n) is 4.14. The van der Waals surface area contributed by atoms with Gasteiger partial charge in [0.25, 0.3) is 0 Å². The molecule has 0 fully saturated rings. The van der Waals surface area contributed by atoms with E-state index in [-0.39, 0.29) is 5.69 Å². The van der Waals surface area contributed by atoms with Gasteiger partial charge in [-0.25, -0.2) is 9.48 Å². The molecule has 0 unspecified atom stereocenters. The normalized spacial score (nSPS) is 13.6. The maximum absolute atomic E-state index is 10.8. The van der Waals surface area contributed by atoms with E-state index in [9.17, 15) is 4.79 Å². The minimum absolute atomic E-state index is 0.0525. The number of carboxylic acid groups (broad SMARTS) is 1. The predicted molar refractivity (Wildman–Crippen MR) is 87.2 cm³/mol. The lowest BCUT2D eigenvalue weighted by molar-refractivity contribution is 0.0690. The molecule has 1 aliphatic rings. The number of carboxylic acids is 1. The quantitative estimate of drug-likeness (QED) is 0.754. The molecule has 3 aromatic rings. The summed E-state index contributed by atoms with van der Waals surface area (Å²) < 4.78 is 8.91. The Balaban J connectivity index is 1.42. The molecule has 3 heterocycles. The lowest BCUT2D eigenvalue weighted by Crippen LogP contribution is -2.08. The second kappa shape index (κ2) is 6.48. The zero-order valence-electron chi connectivity index (χ0n) is 13.5. The number of aromatic carboxylic acids is 1. The van der Waals surface area contributed by atoms with Crippen molar-refractivity contribution in [2.24, 2.45) is 0 Å². The zero-order chi connectivity index (χ0) is 17.2. The summed E-state index contributed by atoms with van der Waals surface area (Å²) in [5.74, 6) is -1.08. The summed E-state index contributed by atoms with van der Waals surface area (Å²) >= 11 is 0. The van der Waals surface area contributed by atoms with E-state index in [0.29, 0.717) is 19.7 Å². The van der Waals surface area contributed by atoms with E-state index < -0.39 is 5.97 Å². The van der Waals surface area contributed by atoms with E-state index in [0.717, 1.165) is 29.8 Å². The highest BCUT2D eigenvalue weighted by atomic mass is 16.5. The number of benzene rings is 1. The van der Waals surface area contributed by atoms with Gasteiger partial charge in [-0.15, -0.1) is 5.10 Å². The predicted octanol–water partition coefficient (Wildman–Crippen LogP) is 1.34. The van der Waals surface area contributed by atoms with Crippen LogP contribution in [0.4, 0.5) is 0 Å². The molecule has 1 aromatic carbocycles. The fourth-order valence-corrected chi connectivity index (χ4v) is 2.86. The van der Waals surface area contributed by atoms with Crippen LogP contribution in [0.2, 0.25) is 0 Å². The molecule has 0 radical (unpaired) electrons. The fourth-order valence-electron chi connectivity index (χ4n) is 2.86. The Labute approximate surface area is 143 Å². The van der Waals surface area contributed by atoms with Crippen molar-refractivity contribution in [3.63, 3.8) is 0 Å². The van der Waals surface area contributed by atoms with Gasteiger partial charge in [0.15, 0.2) is 5.69 Å². The van der Waals surface area contributed by atoms with Crippen molar-refractivity contribution >= 4 is 5.97 Å². The van der Waals surface area contributed by atoms with Gasteiger partial charge in [-0.1, -0.05) is 29.5 Å². The average Bonchev–Trinajstić information content (AvgIpc) is 3.23. The van der Waals surface area contributed by atoms with Gasteiger partial charge in [-0.2, -0.15) is 5.10 Å². The summed E-state index contributed by atoms with van der Waals surface area (Å²) in [5, 5.41) is 20.9. The van der Waals surface area contributed by atoms with E-state index >= 15 is 0 Å². The number of nitrogens with zero attached hydrogens (tertiary/aromatic N) is 5. The van der Waals surface area contributed by atoms with E-state index in [1.165, 1.54) is 16.4 Å². The van der Waals surface area contributed by atoms with Crippen LogP contribution in [0, 0.1) is 0 Å². The van der Waals surface area contributed by atoms with Crippen LogP contribution in [-0.2, 0) is 30.9 Å². The molecule has 4 rings (SSSR count). The van der Waals surface area contributed by atoms with Crippen molar-refractivity contribution in [1.82, 2.24) is 24.8 Å². The van der Waals surface area contributed by atoms with Crippen LogP contribution < -0.4 is 0 Å². The van der Waals surface area contributed by atoms with Crippen molar-refractivity contribution < 1.29 is 14.6 Å². The maximum atomic E-state index is 10.8. The Hall–Kier alpha value is -3.00. The number of ether oxygens (including phenoxy) is 1. The third kappa shape index (κ3) is 3.43. The lowest BCUT2D eigenvalue weighted by atomic mass is 10.1. The Kier molecular flexibility index (Phi) is 4.02. The van der Waals surface area contributed by atoms with Crippen LogP contribution in [0.25, 0.3) is 0 Å². The first-order valence-corrected chi connectivity index (χ1v) is 8.01. The summed E-state index contributed by atoms with van der Waals surface area (Å²) in [6.45, 7) is 2.57. The highest BCUT2D eigenvalue weighted by Crippen LogP contribution is 2.16. The SMILES string of the molecule is O=C(O)c1cn(Cc2ccc(Cn3cc4c(n3)CCOC4)cc2)nn1. The second-order valence-electron chi connectivity index (χ2n) is 6.02. The Bertz CT molecular complexity index is 874. The molecule has 0 aliphatic carbocycles. The van der Waals surface area contributed by atoms with Crippen LogP contribution in [-0.4, -0.2) is 42.5 Å². The van der Waals surface area contributed by atoms with Gasteiger partial charge in [0.05, 0.1) is 38.2 Å². The van der Waals surface area contributed by atoms with Crippen LogP contribution in [0.15, 0.2) is 36.7 Å². The van der Waals surface area contributed by atoms with Crippen molar-refractivity contribution in [3.05, 3.63) is 64.7 Å². The number of aromatic nitrogens is 5. The molecule has 0 spiro atoms. The second-order valence-corrected chi connectivity index (χ2v) is 6.02. The Morgan fingerprint density at radius 1 is 1.12 bits per heavy atom. The van der Waals surface area contributed by atoms with Gasteiger partial charge in [0.1, 0.15) is 0 Å². The Morgan fingerprint density at radius 2 is 1.84 bits per heavy atom. The standard InChI is InChI=1S/C17H17N5O3/c23-17(24)16-10-22(20-18-16)8-13-3-1-12(2-4-13)7-21-9-14-11-25-6-5-15(14)19-21/h1-4,9-10H,5-8,11H2,(H,23,24). The molecule has 0 saturated heterocycles. The number of hydrogen-bond donors (Lipinski definition) is 1. The average molecular weight is 339 g/mol. The smallest absolute Gasteiger partial charge is 0.358 e. The largest absolute Gasteiger partial charge is 0.476 e. The van der Waals surface area contributed by atoms with Gasteiger partial charge in [0.2, 0.25) is 0 Å². The number of fused-ring (bicyclic) bond motifs is 1. The van der Waals surface area contributed by atoms with Gasteiger partial charge < -0.3 is 9.84 Å². The minimum Gasteiger partial charge on any atom is -0.476 e. The van der Waals surface area contributed by atoms with Crippen molar-refractivity contribution in [1.29, 1.82) is 0 Å². The molecule has 1 aliphatic heterocycles. The monoisotopic (exact) mass is 339 g/mol. The highest BCUT2D eigenvalue weighted by Gasteiger charge is 2.14. The molecule has 25 heavy (non-hydrogen) atoms. The molecule has 0 atom stereocenters. The summed E-state index contributed by atoms with van der Waals surface area (Å²) in [7, 11) is 0. The molecule has 1 N–H and O–H groups in total. The van der Waals surface area contributed by atoms with Crippen LogP contribution in [0.5, 0.6) is 0 Å². The molecule has 8 nitrogen and oxygen atoms in total. The highest BCUT2D eigenvalue weighted by molar-refractivity contribution is 5.84. The van der Waals surface area contributed by atoms with Crippen LogP contribution in [0.1, 0.15) is 32.9 Å². The topological polar surface area (TPSA) is 95.1 Å². The number of carbonyl (C=O) groups is 1. The molecule has 0 amide bonds. The van der Waals surface area contributed by atoms with Gasteiger partial charge in [-0.3, -0.25) is 4.68 Å². The summed E-state index contributed by atoms with van der Waals surface area (Å²) in [4.78, 5) is 10.8. The van der Waals surface area contributed by atoms with Gasteiger partial charge in [-0.05, 0) is 11.1 Å². The third-order valence-corrected chi connectivity index (χ3v) is 4.14. The van der Waals surface area contributed by atoms with E-state index in [2.05, 4.69) is 15.4 Å². The van der Waals surface area contributed by atoms with Crippen molar-refractivity contribution in [3.8, 4) is 0 Å². The first-order chi connectivity index (χ1) is 12.2. The van der Waals surface area contributed by atoms with Gasteiger partial charge >= 0.3 is 5.97 Å². The summed E-state index contributed by atoms with van der Waals surface area (Å²) in [6.07, 6.45) is 4.34. The molecule has 0 bridgehead atoms. The van der Waals surface area contributed by atoms with Gasteiger partial charge in [0, 0.05) is 18.2 Å². The van der Waals surface area contributed by atoms with Crippen molar-refractivity contribution in [2.45, 2.75) is 26.1 Å².